The predicted molar refractivity (Wildman–Crippen MR) is 99.8 cm³/mol. The second-order valence-corrected chi connectivity index (χ2v) is 6.96. The van der Waals surface area contributed by atoms with Gasteiger partial charge in [-0.05, 0) is 38.5 Å². The van der Waals surface area contributed by atoms with Crippen LogP contribution in [0.3, 0.4) is 0 Å². The van der Waals surface area contributed by atoms with Gasteiger partial charge in [0, 0.05) is 7.11 Å². The molecule has 1 N–H and O–H groups in total. The van der Waals surface area contributed by atoms with Crippen LogP contribution in [0.2, 0.25) is 0 Å². The van der Waals surface area contributed by atoms with Gasteiger partial charge < -0.3 is 19.3 Å². The average Bonchev–Trinajstić information content (AvgIpc) is 2.89. The third kappa shape index (κ3) is 8.25. The topological polar surface area (TPSA) is 47.9 Å². The lowest BCUT2D eigenvalue weighted by atomic mass is 10.0. The SMILES string of the molecule is CCCCCCC[C@@H](OC)[C@@H]1OC(C)(C)O[C@@H]1C#CC#C[C@@H](O)CC. The third-order valence-electron chi connectivity index (χ3n) is 4.29. The molecule has 142 valence electrons. The Hall–Kier alpha value is -1.04. The maximum atomic E-state index is 9.45. The van der Waals surface area contributed by atoms with Crippen molar-refractivity contribution >= 4 is 0 Å². The van der Waals surface area contributed by atoms with E-state index in [1.165, 1.54) is 25.7 Å². The van der Waals surface area contributed by atoms with Crippen molar-refractivity contribution in [3.63, 3.8) is 0 Å². The summed E-state index contributed by atoms with van der Waals surface area (Å²) in [5, 5.41) is 9.45. The monoisotopic (exact) mass is 350 g/mol. The number of hydrogen-bond donors (Lipinski definition) is 1. The molecule has 1 rings (SSSR count). The minimum absolute atomic E-state index is 0.0445. The van der Waals surface area contributed by atoms with Gasteiger partial charge in [0.25, 0.3) is 0 Å². The fourth-order valence-electron chi connectivity index (χ4n) is 2.87. The van der Waals surface area contributed by atoms with Gasteiger partial charge in [0.05, 0.1) is 6.10 Å². The van der Waals surface area contributed by atoms with E-state index in [9.17, 15) is 5.11 Å². The first-order valence-electron chi connectivity index (χ1n) is 9.51. The highest BCUT2D eigenvalue weighted by molar-refractivity contribution is 5.29. The van der Waals surface area contributed by atoms with Crippen LogP contribution in [0.5, 0.6) is 0 Å². The summed E-state index contributed by atoms with van der Waals surface area (Å²) in [5.41, 5.74) is 0. The van der Waals surface area contributed by atoms with Crippen molar-refractivity contribution in [3.05, 3.63) is 0 Å². The molecule has 0 amide bonds. The maximum absolute atomic E-state index is 9.45. The molecule has 0 unspecified atom stereocenters. The molecular formula is C21H34O4. The first-order chi connectivity index (χ1) is 11.9. The van der Waals surface area contributed by atoms with Crippen LogP contribution in [-0.2, 0) is 14.2 Å². The van der Waals surface area contributed by atoms with E-state index in [2.05, 4.69) is 30.6 Å². The lowest BCUT2D eigenvalue weighted by Gasteiger charge is -2.24. The summed E-state index contributed by atoms with van der Waals surface area (Å²) in [5.74, 6) is 10.5. The number of aliphatic hydroxyl groups excluding tert-OH is 1. The van der Waals surface area contributed by atoms with Crippen LogP contribution in [0.25, 0.3) is 0 Å². The Kier molecular flexibility index (Phi) is 10.2. The Morgan fingerprint density at radius 2 is 1.80 bits per heavy atom. The van der Waals surface area contributed by atoms with Gasteiger partial charge in [0.1, 0.15) is 12.2 Å². The highest BCUT2D eigenvalue weighted by Gasteiger charge is 2.44. The highest BCUT2D eigenvalue weighted by atomic mass is 16.8. The molecule has 0 bridgehead atoms. The normalized spacial score (nSPS) is 23.9. The molecule has 0 aromatic rings. The van der Waals surface area contributed by atoms with E-state index in [4.69, 9.17) is 14.2 Å². The fourth-order valence-corrected chi connectivity index (χ4v) is 2.87. The van der Waals surface area contributed by atoms with E-state index < -0.39 is 11.9 Å². The molecule has 4 nitrogen and oxygen atoms in total. The zero-order chi connectivity index (χ0) is 18.7. The lowest BCUT2D eigenvalue weighted by molar-refractivity contribution is -0.156. The predicted octanol–water partition coefficient (Wildman–Crippen LogP) is 3.66. The minimum atomic E-state index is -0.681. The molecule has 1 heterocycles. The number of aliphatic hydroxyl groups is 1. The van der Waals surface area contributed by atoms with Gasteiger partial charge in [-0.2, -0.15) is 0 Å². The number of hydrogen-bond acceptors (Lipinski definition) is 4. The zero-order valence-corrected chi connectivity index (χ0v) is 16.4. The van der Waals surface area contributed by atoms with Crippen LogP contribution in [0.15, 0.2) is 0 Å². The van der Waals surface area contributed by atoms with Gasteiger partial charge in [0.15, 0.2) is 11.9 Å². The molecule has 4 atom stereocenters. The molecule has 1 fully saturated rings. The average molecular weight is 350 g/mol. The lowest BCUT2D eigenvalue weighted by Crippen LogP contribution is -2.36. The van der Waals surface area contributed by atoms with Gasteiger partial charge in [-0.3, -0.25) is 0 Å². The van der Waals surface area contributed by atoms with E-state index in [0.717, 1.165) is 12.8 Å². The number of rotatable bonds is 9. The van der Waals surface area contributed by atoms with E-state index in [1.807, 2.05) is 20.8 Å². The fraction of sp³-hybridized carbons (Fsp3) is 0.810. The Morgan fingerprint density at radius 1 is 1.08 bits per heavy atom. The summed E-state index contributed by atoms with van der Waals surface area (Å²) in [6, 6.07) is 0. The van der Waals surface area contributed by atoms with Crippen LogP contribution >= 0.6 is 0 Å². The second-order valence-electron chi connectivity index (χ2n) is 6.96. The van der Waals surface area contributed by atoms with E-state index in [0.29, 0.717) is 6.42 Å². The van der Waals surface area contributed by atoms with Crippen molar-refractivity contribution in [2.75, 3.05) is 7.11 Å². The Labute approximate surface area is 153 Å². The molecule has 25 heavy (non-hydrogen) atoms. The Morgan fingerprint density at radius 3 is 2.44 bits per heavy atom. The van der Waals surface area contributed by atoms with Crippen molar-refractivity contribution in [2.45, 2.75) is 103 Å². The quantitative estimate of drug-likeness (QED) is 0.509. The van der Waals surface area contributed by atoms with Crippen molar-refractivity contribution in [1.82, 2.24) is 0 Å². The smallest absolute Gasteiger partial charge is 0.165 e. The molecule has 0 saturated carbocycles. The number of unbranched alkanes of at least 4 members (excludes halogenated alkanes) is 4. The summed E-state index contributed by atoms with van der Waals surface area (Å²) in [7, 11) is 1.72. The van der Waals surface area contributed by atoms with Crippen LogP contribution in [0, 0.1) is 23.7 Å². The largest absolute Gasteiger partial charge is 0.380 e. The van der Waals surface area contributed by atoms with E-state index in [1.54, 1.807) is 7.11 Å². The Balaban J connectivity index is 2.67. The summed E-state index contributed by atoms with van der Waals surface area (Å²) >= 11 is 0. The van der Waals surface area contributed by atoms with Crippen LogP contribution < -0.4 is 0 Å². The third-order valence-corrected chi connectivity index (χ3v) is 4.29. The summed E-state index contributed by atoms with van der Waals surface area (Å²) < 4.78 is 17.6. The van der Waals surface area contributed by atoms with Crippen LogP contribution in [0.1, 0.15) is 72.6 Å². The first-order valence-corrected chi connectivity index (χ1v) is 9.51. The molecular weight excluding hydrogens is 316 g/mol. The number of ether oxygens (including phenoxy) is 3. The summed E-state index contributed by atoms with van der Waals surface area (Å²) in [6.07, 6.45) is 6.37. The van der Waals surface area contributed by atoms with Crippen LogP contribution in [-0.4, -0.2) is 42.4 Å². The Bertz CT molecular complexity index is 491. The van der Waals surface area contributed by atoms with Gasteiger partial charge in [-0.15, -0.1) is 0 Å². The van der Waals surface area contributed by atoms with Gasteiger partial charge >= 0.3 is 0 Å². The van der Waals surface area contributed by atoms with Crippen molar-refractivity contribution < 1.29 is 19.3 Å². The van der Waals surface area contributed by atoms with E-state index in [-0.39, 0.29) is 18.3 Å². The van der Waals surface area contributed by atoms with Gasteiger partial charge in [-0.25, -0.2) is 0 Å². The van der Waals surface area contributed by atoms with Gasteiger partial charge in [0.2, 0.25) is 0 Å². The maximum Gasteiger partial charge on any atom is 0.165 e. The van der Waals surface area contributed by atoms with Crippen LogP contribution in [0.4, 0.5) is 0 Å². The standard InChI is InChI=1S/C21H34O4/c1-6-8-9-10-11-15-18(23-5)20-19(24-21(3,4)25-20)16-13-12-14-17(22)7-2/h17-20,22H,6-11,15H2,1-5H3/t17-,18+,19+,20-/m0/s1. The molecule has 0 aromatic heterocycles. The molecule has 1 aliphatic heterocycles. The second kappa shape index (κ2) is 11.6. The highest BCUT2D eigenvalue weighted by Crippen LogP contribution is 2.32. The summed E-state index contributed by atoms with van der Waals surface area (Å²) in [4.78, 5) is 0. The minimum Gasteiger partial charge on any atom is -0.380 e. The molecule has 4 heteroatoms. The van der Waals surface area contributed by atoms with Gasteiger partial charge in [-0.1, -0.05) is 57.8 Å². The molecule has 0 radical (unpaired) electrons. The van der Waals surface area contributed by atoms with Crippen molar-refractivity contribution in [3.8, 4) is 23.7 Å². The molecule has 0 spiro atoms. The van der Waals surface area contributed by atoms with E-state index >= 15 is 0 Å². The molecule has 0 aliphatic carbocycles. The van der Waals surface area contributed by atoms with Crippen molar-refractivity contribution in [2.24, 2.45) is 0 Å². The molecule has 1 aliphatic rings. The van der Waals surface area contributed by atoms with Crippen molar-refractivity contribution in [1.29, 1.82) is 0 Å². The number of methoxy groups -OCH3 is 1. The molecule has 0 aromatic carbocycles. The zero-order valence-electron chi connectivity index (χ0n) is 16.4. The summed E-state index contributed by atoms with van der Waals surface area (Å²) in [6.45, 7) is 7.88. The molecule has 1 saturated heterocycles. The first kappa shape index (κ1) is 22.0.